The van der Waals surface area contributed by atoms with Crippen LogP contribution < -0.4 is 4.72 Å². The van der Waals surface area contributed by atoms with Crippen LogP contribution in [0.2, 0.25) is 0 Å². The molecule has 2 fully saturated rings. The van der Waals surface area contributed by atoms with Gasteiger partial charge in [-0.05, 0) is 6.42 Å². The topological polar surface area (TPSA) is 69.7 Å². The van der Waals surface area contributed by atoms with E-state index < -0.39 is 10.2 Å². The molecule has 0 saturated carbocycles. The molecule has 8 heteroatoms. The van der Waals surface area contributed by atoms with Crippen molar-refractivity contribution in [2.24, 2.45) is 0 Å². The van der Waals surface area contributed by atoms with Gasteiger partial charge in [0, 0.05) is 38.5 Å². The Kier molecular flexibility index (Phi) is 3.92. The van der Waals surface area contributed by atoms with Crippen molar-refractivity contribution in [2.45, 2.75) is 18.9 Å². The van der Waals surface area contributed by atoms with E-state index in [1.807, 2.05) is 0 Å². The minimum Gasteiger partial charge on any atom is -0.340 e. The number of rotatable bonds is 3. The lowest BCUT2D eigenvalue weighted by atomic mass is 10.2. The van der Waals surface area contributed by atoms with Crippen molar-refractivity contribution in [1.82, 2.24) is 13.9 Å². The van der Waals surface area contributed by atoms with E-state index in [4.69, 9.17) is 11.6 Å². The van der Waals surface area contributed by atoms with Gasteiger partial charge < -0.3 is 4.90 Å². The Morgan fingerprint density at radius 3 is 2.88 bits per heavy atom. The van der Waals surface area contributed by atoms with Crippen molar-refractivity contribution in [1.29, 1.82) is 0 Å². The fourth-order valence-corrected chi connectivity index (χ4v) is 3.77. The zero-order valence-corrected chi connectivity index (χ0v) is 11.0. The van der Waals surface area contributed by atoms with Gasteiger partial charge in [-0.2, -0.15) is 12.7 Å². The van der Waals surface area contributed by atoms with Gasteiger partial charge in [0.2, 0.25) is 5.91 Å². The number of nitrogens with one attached hydrogen (secondary N) is 1. The normalized spacial score (nSPS) is 28.1. The summed E-state index contributed by atoms with van der Waals surface area (Å²) < 4.78 is 27.0. The summed E-state index contributed by atoms with van der Waals surface area (Å²) in [6.45, 7) is 1.72. The number of carbonyl (C=O) groups is 1. The zero-order chi connectivity index (χ0) is 12.5. The van der Waals surface area contributed by atoms with Crippen molar-refractivity contribution in [3.63, 3.8) is 0 Å². The Labute approximate surface area is 106 Å². The third-order valence-corrected chi connectivity index (χ3v) is 5.01. The molecule has 0 bridgehead atoms. The monoisotopic (exact) mass is 281 g/mol. The molecule has 0 aromatic rings. The highest BCUT2D eigenvalue weighted by atomic mass is 35.5. The van der Waals surface area contributed by atoms with E-state index in [-0.39, 0.29) is 11.9 Å². The van der Waals surface area contributed by atoms with Gasteiger partial charge in [0.25, 0.3) is 10.2 Å². The zero-order valence-electron chi connectivity index (χ0n) is 9.43. The highest BCUT2D eigenvalue weighted by molar-refractivity contribution is 7.87. The van der Waals surface area contributed by atoms with Gasteiger partial charge in [0.1, 0.15) is 0 Å². The van der Waals surface area contributed by atoms with Crippen molar-refractivity contribution in [2.75, 3.05) is 32.1 Å². The van der Waals surface area contributed by atoms with Crippen LogP contribution in [-0.4, -0.2) is 61.6 Å². The van der Waals surface area contributed by atoms with Crippen LogP contribution in [0.15, 0.2) is 0 Å². The number of hydrogen-bond acceptors (Lipinski definition) is 3. The van der Waals surface area contributed by atoms with Crippen LogP contribution in [0, 0.1) is 0 Å². The molecule has 2 rings (SSSR count). The predicted octanol–water partition coefficient (Wildman–Crippen LogP) is -0.634. The molecular weight excluding hydrogens is 266 g/mol. The van der Waals surface area contributed by atoms with Gasteiger partial charge in [-0.3, -0.25) is 4.79 Å². The first-order valence-corrected chi connectivity index (χ1v) is 7.62. The van der Waals surface area contributed by atoms with E-state index in [0.29, 0.717) is 44.9 Å². The second-order valence-electron chi connectivity index (χ2n) is 4.25. The Hall–Kier alpha value is -0.370. The van der Waals surface area contributed by atoms with Gasteiger partial charge >= 0.3 is 0 Å². The molecular formula is C9H16ClN3O3S. The number of piperazine rings is 1. The largest absolute Gasteiger partial charge is 0.340 e. The Bertz CT molecular complexity index is 400. The van der Waals surface area contributed by atoms with Gasteiger partial charge in [-0.15, -0.1) is 11.6 Å². The number of fused-ring (bicyclic) bond motifs is 1. The molecule has 2 heterocycles. The van der Waals surface area contributed by atoms with Gasteiger partial charge in [-0.25, -0.2) is 4.72 Å². The van der Waals surface area contributed by atoms with Gasteiger partial charge in [-0.1, -0.05) is 0 Å². The first-order chi connectivity index (χ1) is 8.04. The molecule has 0 aromatic carbocycles. The summed E-state index contributed by atoms with van der Waals surface area (Å²) in [7, 11) is -3.29. The number of carbonyl (C=O) groups excluding carboxylic acids is 1. The van der Waals surface area contributed by atoms with Crippen LogP contribution in [-0.2, 0) is 15.0 Å². The third kappa shape index (κ3) is 2.73. The number of hydrogen-bond donors (Lipinski definition) is 1. The molecule has 2 aliphatic heterocycles. The molecule has 2 aliphatic rings. The van der Waals surface area contributed by atoms with Crippen LogP contribution >= 0.6 is 11.6 Å². The van der Waals surface area contributed by atoms with E-state index in [9.17, 15) is 13.2 Å². The molecule has 1 N–H and O–H groups in total. The summed E-state index contributed by atoms with van der Waals surface area (Å²) in [5.41, 5.74) is 0. The Morgan fingerprint density at radius 2 is 2.18 bits per heavy atom. The smallest absolute Gasteiger partial charge is 0.279 e. The lowest BCUT2D eigenvalue weighted by molar-refractivity contribution is -0.133. The maximum absolute atomic E-state index is 11.8. The standard InChI is InChI=1S/C9H16ClN3O3S/c10-3-1-2-9(14)12-4-5-13-8(7-12)6-11-17(13,15)16/h8,11H,1-7H2. The fraction of sp³-hybridized carbons (Fsp3) is 0.889. The van der Waals surface area contributed by atoms with Crippen molar-refractivity contribution >= 4 is 27.7 Å². The lowest BCUT2D eigenvalue weighted by Crippen LogP contribution is -2.53. The van der Waals surface area contributed by atoms with Crippen molar-refractivity contribution in [3.05, 3.63) is 0 Å². The maximum Gasteiger partial charge on any atom is 0.279 e. The molecule has 0 spiro atoms. The molecule has 17 heavy (non-hydrogen) atoms. The van der Waals surface area contributed by atoms with Crippen molar-refractivity contribution in [3.8, 4) is 0 Å². The number of halogens is 1. The molecule has 0 aliphatic carbocycles. The van der Waals surface area contributed by atoms with Crippen LogP contribution in [0.25, 0.3) is 0 Å². The molecule has 98 valence electrons. The summed E-state index contributed by atoms with van der Waals surface area (Å²) >= 11 is 5.54. The summed E-state index contributed by atoms with van der Waals surface area (Å²) in [6.07, 6.45) is 1.11. The quantitative estimate of drug-likeness (QED) is 0.700. The van der Waals surface area contributed by atoms with Crippen LogP contribution in [0.1, 0.15) is 12.8 Å². The minimum absolute atomic E-state index is 0.0644. The van der Waals surface area contributed by atoms with E-state index in [1.165, 1.54) is 4.31 Å². The first-order valence-electron chi connectivity index (χ1n) is 5.65. The van der Waals surface area contributed by atoms with Gasteiger partial charge in [0.15, 0.2) is 0 Å². The van der Waals surface area contributed by atoms with Crippen LogP contribution in [0.4, 0.5) is 0 Å². The Morgan fingerprint density at radius 1 is 1.41 bits per heavy atom. The molecule has 1 unspecified atom stereocenters. The summed E-state index contributed by atoms with van der Waals surface area (Å²) in [4.78, 5) is 13.5. The molecule has 1 amide bonds. The maximum atomic E-state index is 11.8. The third-order valence-electron chi connectivity index (χ3n) is 3.12. The predicted molar refractivity (Wildman–Crippen MR) is 64.0 cm³/mol. The van der Waals surface area contributed by atoms with Crippen LogP contribution in [0.3, 0.4) is 0 Å². The molecule has 0 radical (unpaired) electrons. The molecule has 6 nitrogen and oxygen atoms in total. The number of alkyl halides is 1. The SMILES string of the molecule is O=C(CCCCl)N1CCN2C(CNS2(=O)=O)C1. The van der Waals surface area contributed by atoms with Crippen molar-refractivity contribution < 1.29 is 13.2 Å². The highest BCUT2D eigenvalue weighted by Crippen LogP contribution is 2.18. The molecule has 1 atom stereocenters. The average Bonchev–Trinajstić information content (AvgIpc) is 2.62. The lowest BCUT2D eigenvalue weighted by Gasteiger charge is -2.35. The van der Waals surface area contributed by atoms with Gasteiger partial charge in [0.05, 0.1) is 6.04 Å². The van der Waals surface area contributed by atoms with E-state index in [1.54, 1.807) is 4.90 Å². The first kappa shape index (κ1) is 13.1. The Balaban J connectivity index is 1.94. The number of amides is 1. The van der Waals surface area contributed by atoms with E-state index in [0.717, 1.165) is 0 Å². The summed E-state index contributed by atoms with van der Waals surface area (Å²) in [5, 5.41) is 0. The van der Waals surface area contributed by atoms with E-state index in [2.05, 4.69) is 4.72 Å². The van der Waals surface area contributed by atoms with Crippen LogP contribution in [0.5, 0.6) is 0 Å². The van der Waals surface area contributed by atoms with E-state index >= 15 is 0 Å². The summed E-state index contributed by atoms with van der Waals surface area (Å²) in [6, 6.07) is -0.117. The minimum atomic E-state index is -3.29. The highest BCUT2D eigenvalue weighted by Gasteiger charge is 2.41. The average molecular weight is 282 g/mol. The summed E-state index contributed by atoms with van der Waals surface area (Å²) in [5.74, 6) is 0.542. The second-order valence-corrected chi connectivity index (χ2v) is 6.34. The fourth-order valence-electron chi connectivity index (χ4n) is 2.21. The number of nitrogens with zero attached hydrogens (tertiary/aromatic N) is 2. The molecule has 0 aromatic heterocycles. The molecule has 2 saturated heterocycles. The second kappa shape index (κ2) is 5.09.